The highest BCUT2D eigenvalue weighted by atomic mass is 16.3. The van der Waals surface area contributed by atoms with Crippen molar-refractivity contribution in [3.8, 4) is 0 Å². The van der Waals surface area contributed by atoms with Gasteiger partial charge in [-0.25, -0.2) is 9.97 Å². The molecular weight excluding hydrogens is 164 g/mol. The Morgan fingerprint density at radius 1 is 1.23 bits per heavy atom. The standard InChI is InChI=1S/C10H12N2O/c1-10(2,3)8-7-4-5-13-9(7)12-6-11-8/h4-6H,1-3H3. The summed E-state index contributed by atoms with van der Waals surface area (Å²) in [7, 11) is 0. The third kappa shape index (κ3) is 1.30. The molecule has 0 saturated heterocycles. The van der Waals surface area contributed by atoms with Gasteiger partial charge in [-0.2, -0.15) is 0 Å². The second-order valence-electron chi connectivity index (χ2n) is 4.11. The SMILES string of the molecule is CC(C)(C)c1ncnc2occc12. The average molecular weight is 176 g/mol. The lowest BCUT2D eigenvalue weighted by Crippen LogP contribution is -2.13. The maximum Gasteiger partial charge on any atom is 0.229 e. The van der Waals surface area contributed by atoms with Gasteiger partial charge in [0.25, 0.3) is 0 Å². The summed E-state index contributed by atoms with van der Waals surface area (Å²) in [6, 6.07) is 1.91. The molecular formula is C10H12N2O. The van der Waals surface area contributed by atoms with E-state index < -0.39 is 0 Å². The number of nitrogens with zero attached hydrogens (tertiary/aromatic N) is 2. The van der Waals surface area contributed by atoms with Crippen LogP contribution < -0.4 is 0 Å². The molecule has 0 saturated carbocycles. The maximum absolute atomic E-state index is 5.20. The molecule has 0 fully saturated rings. The summed E-state index contributed by atoms with van der Waals surface area (Å²) in [6.07, 6.45) is 3.20. The molecule has 13 heavy (non-hydrogen) atoms. The Bertz CT molecular complexity index is 426. The third-order valence-corrected chi connectivity index (χ3v) is 1.97. The Labute approximate surface area is 76.8 Å². The second kappa shape index (κ2) is 2.55. The van der Waals surface area contributed by atoms with Crippen molar-refractivity contribution in [1.29, 1.82) is 0 Å². The minimum absolute atomic E-state index is 0.0328. The highest BCUT2D eigenvalue weighted by Gasteiger charge is 2.19. The van der Waals surface area contributed by atoms with E-state index in [0.29, 0.717) is 5.71 Å². The molecule has 2 aromatic heterocycles. The summed E-state index contributed by atoms with van der Waals surface area (Å²) in [5.41, 5.74) is 1.73. The lowest BCUT2D eigenvalue weighted by Gasteiger charge is -2.17. The predicted octanol–water partition coefficient (Wildman–Crippen LogP) is 2.52. The van der Waals surface area contributed by atoms with Gasteiger partial charge in [-0.15, -0.1) is 0 Å². The topological polar surface area (TPSA) is 38.9 Å². The highest BCUT2D eigenvalue weighted by molar-refractivity contribution is 5.76. The normalized spacial score (nSPS) is 12.2. The van der Waals surface area contributed by atoms with E-state index in [1.54, 1.807) is 12.6 Å². The molecule has 0 atom stereocenters. The molecule has 0 aromatic carbocycles. The van der Waals surface area contributed by atoms with Crippen molar-refractivity contribution < 1.29 is 4.42 Å². The minimum atomic E-state index is 0.0328. The van der Waals surface area contributed by atoms with Crippen LogP contribution in [-0.4, -0.2) is 9.97 Å². The highest BCUT2D eigenvalue weighted by Crippen LogP contribution is 2.26. The summed E-state index contributed by atoms with van der Waals surface area (Å²) in [6.45, 7) is 6.38. The van der Waals surface area contributed by atoms with E-state index >= 15 is 0 Å². The van der Waals surface area contributed by atoms with Gasteiger partial charge in [0.2, 0.25) is 5.71 Å². The molecule has 0 N–H and O–H groups in total. The fraction of sp³-hybridized carbons (Fsp3) is 0.400. The maximum atomic E-state index is 5.20. The number of hydrogen-bond acceptors (Lipinski definition) is 3. The number of aromatic nitrogens is 2. The smallest absolute Gasteiger partial charge is 0.229 e. The van der Waals surface area contributed by atoms with Crippen molar-refractivity contribution in [2.45, 2.75) is 26.2 Å². The number of hydrogen-bond donors (Lipinski definition) is 0. The molecule has 0 spiro atoms. The Kier molecular flexibility index (Phi) is 1.62. The molecule has 0 bridgehead atoms. The van der Waals surface area contributed by atoms with Crippen molar-refractivity contribution >= 4 is 11.1 Å². The van der Waals surface area contributed by atoms with Crippen LogP contribution >= 0.6 is 0 Å². The van der Waals surface area contributed by atoms with Crippen molar-refractivity contribution in [2.24, 2.45) is 0 Å². The van der Waals surface area contributed by atoms with E-state index in [1.807, 2.05) is 6.07 Å². The third-order valence-electron chi connectivity index (χ3n) is 1.97. The molecule has 0 unspecified atom stereocenters. The first-order valence-corrected chi connectivity index (χ1v) is 4.28. The molecule has 3 heteroatoms. The second-order valence-corrected chi connectivity index (χ2v) is 4.11. The first-order chi connectivity index (χ1) is 6.09. The molecule has 0 radical (unpaired) electrons. The number of rotatable bonds is 0. The van der Waals surface area contributed by atoms with Crippen LogP contribution in [0, 0.1) is 0 Å². The van der Waals surface area contributed by atoms with Gasteiger partial charge in [-0.3, -0.25) is 0 Å². The lowest BCUT2D eigenvalue weighted by molar-refractivity contribution is 0.568. The van der Waals surface area contributed by atoms with Crippen LogP contribution in [0.15, 0.2) is 23.1 Å². The zero-order valence-corrected chi connectivity index (χ0v) is 8.03. The lowest BCUT2D eigenvalue weighted by atomic mass is 9.90. The van der Waals surface area contributed by atoms with E-state index in [9.17, 15) is 0 Å². The molecule has 0 aliphatic rings. The quantitative estimate of drug-likeness (QED) is 0.619. The molecule has 2 aromatic rings. The van der Waals surface area contributed by atoms with E-state index in [-0.39, 0.29) is 5.41 Å². The van der Waals surface area contributed by atoms with Gasteiger partial charge in [0.1, 0.15) is 6.33 Å². The van der Waals surface area contributed by atoms with Crippen LogP contribution in [0.5, 0.6) is 0 Å². The van der Waals surface area contributed by atoms with Crippen LogP contribution in [0.25, 0.3) is 11.1 Å². The van der Waals surface area contributed by atoms with Crippen LogP contribution in [0.3, 0.4) is 0 Å². The fourth-order valence-electron chi connectivity index (χ4n) is 1.39. The first kappa shape index (κ1) is 8.23. The van der Waals surface area contributed by atoms with Gasteiger partial charge < -0.3 is 4.42 Å². The summed E-state index contributed by atoms with van der Waals surface area (Å²) >= 11 is 0. The Morgan fingerprint density at radius 3 is 2.69 bits per heavy atom. The Morgan fingerprint density at radius 2 is 2.00 bits per heavy atom. The van der Waals surface area contributed by atoms with Crippen molar-refractivity contribution in [3.63, 3.8) is 0 Å². The summed E-state index contributed by atoms with van der Waals surface area (Å²) < 4.78 is 5.20. The van der Waals surface area contributed by atoms with Crippen molar-refractivity contribution in [1.82, 2.24) is 9.97 Å². The summed E-state index contributed by atoms with van der Waals surface area (Å²) in [4.78, 5) is 8.32. The van der Waals surface area contributed by atoms with Gasteiger partial charge >= 0.3 is 0 Å². The molecule has 68 valence electrons. The molecule has 0 amide bonds. The van der Waals surface area contributed by atoms with Gasteiger partial charge in [-0.1, -0.05) is 20.8 Å². The summed E-state index contributed by atoms with van der Waals surface area (Å²) in [5.74, 6) is 0. The van der Waals surface area contributed by atoms with E-state index in [4.69, 9.17) is 4.42 Å². The fourth-order valence-corrected chi connectivity index (χ4v) is 1.39. The largest absolute Gasteiger partial charge is 0.446 e. The molecule has 3 nitrogen and oxygen atoms in total. The van der Waals surface area contributed by atoms with Crippen LogP contribution in [0.1, 0.15) is 26.5 Å². The van der Waals surface area contributed by atoms with E-state index in [1.165, 1.54) is 0 Å². The molecule has 2 rings (SSSR count). The predicted molar refractivity (Wildman–Crippen MR) is 50.5 cm³/mol. The Balaban J connectivity index is 2.75. The van der Waals surface area contributed by atoms with Gasteiger partial charge in [0, 0.05) is 5.41 Å². The van der Waals surface area contributed by atoms with Crippen molar-refractivity contribution in [2.75, 3.05) is 0 Å². The van der Waals surface area contributed by atoms with Crippen LogP contribution in [-0.2, 0) is 5.41 Å². The van der Waals surface area contributed by atoms with Gasteiger partial charge in [0.15, 0.2) is 0 Å². The van der Waals surface area contributed by atoms with Gasteiger partial charge in [-0.05, 0) is 6.07 Å². The Hall–Kier alpha value is -1.38. The first-order valence-electron chi connectivity index (χ1n) is 4.28. The molecule has 0 aliphatic heterocycles. The molecule has 2 heterocycles. The summed E-state index contributed by atoms with van der Waals surface area (Å²) in [5, 5.41) is 1.01. The van der Waals surface area contributed by atoms with Gasteiger partial charge in [0.05, 0.1) is 17.3 Å². The minimum Gasteiger partial charge on any atom is -0.446 e. The monoisotopic (exact) mass is 176 g/mol. The zero-order chi connectivity index (χ0) is 9.47. The van der Waals surface area contributed by atoms with Crippen LogP contribution in [0.4, 0.5) is 0 Å². The number of fused-ring (bicyclic) bond motifs is 1. The van der Waals surface area contributed by atoms with Crippen molar-refractivity contribution in [3.05, 3.63) is 24.4 Å². The zero-order valence-electron chi connectivity index (χ0n) is 8.03. The van der Waals surface area contributed by atoms with E-state index in [0.717, 1.165) is 11.1 Å². The van der Waals surface area contributed by atoms with Crippen LogP contribution in [0.2, 0.25) is 0 Å². The molecule has 0 aliphatic carbocycles. The number of furan rings is 1. The van der Waals surface area contributed by atoms with E-state index in [2.05, 4.69) is 30.7 Å². The average Bonchev–Trinajstić information content (AvgIpc) is 2.48.